The molecule has 0 aliphatic heterocycles. The van der Waals surface area contributed by atoms with Crippen LogP contribution in [0.5, 0.6) is 0 Å². The lowest BCUT2D eigenvalue weighted by Gasteiger charge is -2.19. The van der Waals surface area contributed by atoms with Crippen molar-refractivity contribution in [3.8, 4) is 0 Å². The van der Waals surface area contributed by atoms with E-state index in [1.165, 1.54) is 0 Å². The summed E-state index contributed by atoms with van der Waals surface area (Å²) in [4.78, 5) is 14.3. The van der Waals surface area contributed by atoms with Crippen molar-refractivity contribution in [1.29, 1.82) is 0 Å². The Labute approximate surface area is 148 Å². The van der Waals surface area contributed by atoms with Crippen LogP contribution < -0.4 is 15.5 Å². The second-order valence-corrected chi connectivity index (χ2v) is 6.78. The summed E-state index contributed by atoms with van der Waals surface area (Å²) < 4.78 is 0. The van der Waals surface area contributed by atoms with E-state index in [2.05, 4.69) is 21.6 Å². The van der Waals surface area contributed by atoms with Gasteiger partial charge in [-0.2, -0.15) is 0 Å². The molecular weight excluding hydrogens is 314 g/mol. The third-order valence-electron chi connectivity index (χ3n) is 4.77. The van der Waals surface area contributed by atoms with E-state index in [9.17, 15) is 9.90 Å². The van der Waals surface area contributed by atoms with Crippen LogP contribution in [0.1, 0.15) is 28.3 Å². The third-order valence-corrected chi connectivity index (χ3v) is 4.77. The highest BCUT2D eigenvalue weighted by atomic mass is 16.3. The van der Waals surface area contributed by atoms with Crippen molar-refractivity contribution in [2.75, 3.05) is 19.0 Å². The normalized spacial score (nSPS) is 18.6. The van der Waals surface area contributed by atoms with Gasteiger partial charge in [-0.1, -0.05) is 30.3 Å². The number of hydrogen-bond acceptors (Lipinski definition) is 3. The van der Waals surface area contributed by atoms with Gasteiger partial charge in [-0.15, -0.1) is 0 Å². The van der Waals surface area contributed by atoms with Crippen LogP contribution in [0.4, 0.5) is 10.5 Å². The van der Waals surface area contributed by atoms with Crippen molar-refractivity contribution < 1.29 is 9.90 Å². The maximum absolute atomic E-state index is 12.3. The number of benzene rings is 2. The van der Waals surface area contributed by atoms with E-state index in [-0.39, 0.29) is 12.1 Å². The molecule has 3 rings (SSSR count). The fraction of sp³-hybridized carbons (Fsp3) is 0.350. The Balaban J connectivity index is 1.60. The van der Waals surface area contributed by atoms with Crippen molar-refractivity contribution in [3.63, 3.8) is 0 Å². The molecule has 0 saturated heterocycles. The lowest BCUT2D eigenvalue weighted by Crippen LogP contribution is -2.40. The standard InChI is InChI=1S/C20H25N3O2/c1-13-10-16(23(2)3)9-8-15(13)12-21-20(25)22-19-17-7-5-4-6-14(17)11-18(19)24/h4-10,18-19,24H,11-12H2,1-3H3,(H2,21,22,25). The van der Waals surface area contributed by atoms with Gasteiger partial charge in [-0.05, 0) is 41.3 Å². The number of amides is 2. The molecule has 0 heterocycles. The fourth-order valence-corrected chi connectivity index (χ4v) is 3.27. The van der Waals surface area contributed by atoms with E-state index in [0.29, 0.717) is 13.0 Å². The van der Waals surface area contributed by atoms with E-state index < -0.39 is 6.10 Å². The smallest absolute Gasteiger partial charge is 0.315 e. The summed E-state index contributed by atoms with van der Waals surface area (Å²) in [6, 6.07) is 13.4. The van der Waals surface area contributed by atoms with Crippen molar-refractivity contribution >= 4 is 11.7 Å². The van der Waals surface area contributed by atoms with Gasteiger partial charge in [0, 0.05) is 32.7 Å². The molecule has 1 aliphatic rings. The topological polar surface area (TPSA) is 64.6 Å². The first-order valence-corrected chi connectivity index (χ1v) is 8.53. The summed E-state index contributed by atoms with van der Waals surface area (Å²) in [5.41, 5.74) is 5.44. The Bertz CT molecular complexity index is 773. The zero-order valence-corrected chi connectivity index (χ0v) is 14.9. The zero-order valence-electron chi connectivity index (χ0n) is 14.9. The molecular formula is C20H25N3O2. The van der Waals surface area contributed by atoms with Crippen molar-refractivity contribution in [1.82, 2.24) is 10.6 Å². The van der Waals surface area contributed by atoms with Crippen molar-refractivity contribution in [2.24, 2.45) is 0 Å². The number of aliphatic hydroxyl groups excluding tert-OH is 1. The summed E-state index contributed by atoms with van der Waals surface area (Å²) in [5.74, 6) is 0. The highest BCUT2D eigenvalue weighted by Crippen LogP contribution is 2.31. The molecule has 2 aromatic carbocycles. The molecule has 132 valence electrons. The van der Waals surface area contributed by atoms with Gasteiger partial charge in [0.1, 0.15) is 0 Å². The number of urea groups is 1. The summed E-state index contributed by atoms with van der Waals surface area (Å²) in [5, 5.41) is 16.0. The number of aryl methyl sites for hydroxylation is 1. The molecule has 2 aromatic rings. The Hall–Kier alpha value is -2.53. The number of nitrogens with zero attached hydrogens (tertiary/aromatic N) is 1. The first-order chi connectivity index (χ1) is 12.0. The van der Waals surface area contributed by atoms with Gasteiger partial charge in [-0.3, -0.25) is 0 Å². The van der Waals surface area contributed by atoms with Gasteiger partial charge in [0.15, 0.2) is 0 Å². The van der Waals surface area contributed by atoms with Crippen LogP contribution in [-0.4, -0.2) is 31.3 Å². The Kier molecular flexibility index (Phi) is 4.95. The molecule has 3 N–H and O–H groups in total. The number of nitrogens with one attached hydrogen (secondary N) is 2. The first-order valence-electron chi connectivity index (χ1n) is 8.53. The molecule has 0 radical (unpaired) electrons. The highest BCUT2D eigenvalue weighted by Gasteiger charge is 2.31. The lowest BCUT2D eigenvalue weighted by molar-refractivity contribution is 0.142. The predicted octanol–water partition coefficient (Wildman–Crippen LogP) is 2.52. The minimum absolute atomic E-state index is 0.267. The minimum Gasteiger partial charge on any atom is -0.390 e. The van der Waals surface area contributed by atoms with Gasteiger partial charge in [0.2, 0.25) is 0 Å². The number of aliphatic hydroxyl groups is 1. The van der Waals surface area contributed by atoms with Crippen molar-refractivity contribution in [3.05, 3.63) is 64.7 Å². The van der Waals surface area contributed by atoms with Crippen LogP contribution in [0.15, 0.2) is 42.5 Å². The Morgan fingerprint density at radius 3 is 2.72 bits per heavy atom. The highest BCUT2D eigenvalue weighted by molar-refractivity contribution is 5.75. The van der Waals surface area contributed by atoms with Gasteiger partial charge in [0.25, 0.3) is 0 Å². The number of fused-ring (bicyclic) bond motifs is 1. The van der Waals surface area contributed by atoms with Gasteiger partial charge >= 0.3 is 6.03 Å². The lowest BCUT2D eigenvalue weighted by atomic mass is 10.1. The van der Waals surface area contributed by atoms with E-state index >= 15 is 0 Å². The maximum atomic E-state index is 12.3. The molecule has 2 atom stereocenters. The third kappa shape index (κ3) is 3.77. The quantitative estimate of drug-likeness (QED) is 0.802. The SMILES string of the molecule is Cc1cc(N(C)C)ccc1CNC(=O)NC1c2ccccc2CC1O. The molecule has 0 bridgehead atoms. The number of carbonyl (C=O) groups is 1. The Morgan fingerprint density at radius 2 is 2.00 bits per heavy atom. The van der Waals surface area contributed by atoms with Crippen LogP contribution in [0.25, 0.3) is 0 Å². The molecule has 0 saturated carbocycles. The molecule has 5 heteroatoms. The molecule has 2 unspecified atom stereocenters. The molecule has 25 heavy (non-hydrogen) atoms. The van der Waals surface area contributed by atoms with Crippen LogP contribution in [-0.2, 0) is 13.0 Å². The molecule has 0 fully saturated rings. The molecule has 1 aliphatic carbocycles. The maximum Gasteiger partial charge on any atom is 0.315 e. The average Bonchev–Trinajstić information content (AvgIpc) is 2.89. The van der Waals surface area contributed by atoms with Gasteiger partial charge in [0.05, 0.1) is 12.1 Å². The van der Waals surface area contributed by atoms with E-state index in [0.717, 1.165) is 27.9 Å². The fourth-order valence-electron chi connectivity index (χ4n) is 3.27. The van der Waals surface area contributed by atoms with Gasteiger partial charge < -0.3 is 20.6 Å². The second-order valence-electron chi connectivity index (χ2n) is 6.78. The minimum atomic E-state index is -0.579. The molecule has 5 nitrogen and oxygen atoms in total. The average molecular weight is 339 g/mol. The van der Waals surface area contributed by atoms with E-state index in [4.69, 9.17) is 0 Å². The van der Waals surface area contributed by atoms with Crippen LogP contribution in [0.2, 0.25) is 0 Å². The first kappa shape index (κ1) is 17.3. The number of hydrogen-bond donors (Lipinski definition) is 3. The number of carbonyl (C=O) groups excluding carboxylic acids is 1. The Morgan fingerprint density at radius 1 is 1.24 bits per heavy atom. The van der Waals surface area contributed by atoms with E-state index in [1.54, 1.807) is 0 Å². The van der Waals surface area contributed by atoms with Crippen LogP contribution in [0, 0.1) is 6.92 Å². The summed E-state index contributed by atoms with van der Waals surface area (Å²) in [6.07, 6.45) is -0.00377. The molecule has 0 spiro atoms. The monoisotopic (exact) mass is 339 g/mol. The second kappa shape index (κ2) is 7.15. The molecule has 0 aromatic heterocycles. The number of anilines is 1. The summed E-state index contributed by atoms with van der Waals surface area (Å²) in [6.45, 7) is 2.49. The van der Waals surface area contributed by atoms with Crippen LogP contribution >= 0.6 is 0 Å². The molecule has 2 amide bonds. The summed E-state index contributed by atoms with van der Waals surface area (Å²) >= 11 is 0. The van der Waals surface area contributed by atoms with Gasteiger partial charge in [-0.25, -0.2) is 4.79 Å². The van der Waals surface area contributed by atoms with Crippen LogP contribution in [0.3, 0.4) is 0 Å². The zero-order chi connectivity index (χ0) is 18.0. The summed E-state index contributed by atoms with van der Waals surface area (Å²) in [7, 11) is 4.01. The van der Waals surface area contributed by atoms with E-state index in [1.807, 2.05) is 57.4 Å². The largest absolute Gasteiger partial charge is 0.390 e. The van der Waals surface area contributed by atoms with Crippen molar-refractivity contribution in [2.45, 2.75) is 32.0 Å². The number of rotatable bonds is 4. The predicted molar refractivity (Wildman–Crippen MR) is 99.8 cm³/mol.